The minimum atomic E-state index is -1.23. The standard InChI is InChI=1S/C10H16N4O4/c1-3-10(2,8(11)13-18)9(17)14-4-6(15)12-7(16)5-14/h18H,3-5H2,1-2H3,(H2,11,13)(H,12,15,16). The van der Waals surface area contributed by atoms with Gasteiger partial charge in [0, 0.05) is 0 Å². The Hall–Kier alpha value is -2.12. The Morgan fingerprint density at radius 2 is 2.00 bits per heavy atom. The lowest BCUT2D eigenvalue weighted by Gasteiger charge is -2.33. The van der Waals surface area contributed by atoms with Crippen molar-refractivity contribution in [3.8, 4) is 0 Å². The topological polar surface area (TPSA) is 125 Å². The van der Waals surface area contributed by atoms with Gasteiger partial charge in [-0.2, -0.15) is 0 Å². The van der Waals surface area contributed by atoms with Gasteiger partial charge in [-0.15, -0.1) is 0 Å². The van der Waals surface area contributed by atoms with Crippen molar-refractivity contribution in [3.05, 3.63) is 0 Å². The molecule has 18 heavy (non-hydrogen) atoms. The van der Waals surface area contributed by atoms with Crippen molar-refractivity contribution in [2.75, 3.05) is 13.1 Å². The van der Waals surface area contributed by atoms with Crippen LogP contribution in [-0.2, 0) is 14.4 Å². The summed E-state index contributed by atoms with van der Waals surface area (Å²) in [5.41, 5.74) is 4.28. The van der Waals surface area contributed by atoms with E-state index in [0.717, 1.165) is 4.90 Å². The minimum absolute atomic E-state index is 0.209. The highest BCUT2D eigenvalue weighted by molar-refractivity contribution is 6.10. The second-order valence-electron chi connectivity index (χ2n) is 4.30. The smallest absolute Gasteiger partial charge is 0.246 e. The molecule has 1 aliphatic heterocycles. The second-order valence-corrected chi connectivity index (χ2v) is 4.30. The molecule has 0 bridgehead atoms. The Bertz CT molecular complexity index is 404. The fourth-order valence-corrected chi connectivity index (χ4v) is 1.68. The number of imide groups is 1. The molecule has 8 heteroatoms. The maximum absolute atomic E-state index is 12.3. The van der Waals surface area contributed by atoms with Crippen LogP contribution in [0.2, 0.25) is 0 Å². The third-order valence-corrected chi connectivity index (χ3v) is 3.09. The maximum Gasteiger partial charge on any atom is 0.246 e. The van der Waals surface area contributed by atoms with Crippen LogP contribution in [0.4, 0.5) is 0 Å². The lowest BCUT2D eigenvalue weighted by atomic mass is 9.84. The maximum atomic E-state index is 12.3. The first-order chi connectivity index (χ1) is 8.35. The van der Waals surface area contributed by atoms with Gasteiger partial charge >= 0.3 is 0 Å². The zero-order valence-corrected chi connectivity index (χ0v) is 10.3. The van der Waals surface area contributed by atoms with E-state index in [4.69, 9.17) is 10.9 Å². The molecular weight excluding hydrogens is 240 g/mol. The van der Waals surface area contributed by atoms with Gasteiger partial charge in [-0.1, -0.05) is 12.1 Å². The van der Waals surface area contributed by atoms with Crippen LogP contribution in [0.3, 0.4) is 0 Å². The monoisotopic (exact) mass is 256 g/mol. The van der Waals surface area contributed by atoms with E-state index in [1.807, 2.05) is 0 Å². The molecule has 0 radical (unpaired) electrons. The van der Waals surface area contributed by atoms with Crippen molar-refractivity contribution in [1.82, 2.24) is 10.2 Å². The number of nitrogens with zero attached hydrogens (tertiary/aromatic N) is 2. The predicted octanol–water partition coefficient (Wildman–Crippen LogP) is -1.37. The lowest BCUT2D eigenvalue weighted by molar-refractivity contribution is -0.149. The van der Waals surface area contributed by atoms with Gasteiger partial charge in [-0.3, -0.25) is 19.7 Å². The van der Waals surface area contributed by atoms with Gasteiger partial charge in [-0.25, -0.2) is 0 Å². The first-order valence-corrected chi connectivity index (χ1v) is 5.45. The molecule has 1 fully saturated rings. The fraction of sp³-hybridized carbons (Fsp3) is 0.600. The molecule has 1 saturated heterocycles. The summed E-state index contributed by atoms with van der Waals surface area (Å²) in [4.78, 5) is 35.8. The van der Waals surface area contributed by atoms with Crippen LogP contribution in [0.15, 0.2) is 5.16 Å². The van der Waals surface area contributed by atoms with Crippen molar-refractivity contribution in [1.29, 1.82) is 0 Å². The molecule has 4 N–H and O–H groups in total. The van der Waals surface area contributed by atoms with Crippen LogP contribution in [-0.4, -0.2) is 46.8 Å². The van der Waals surface area contributed by atoms with E-state index in [9.17, 15) is 14.4 Å². The summed E-state index contributed by atoms with van der Waals surface area (Å²) in [6, 6.07) is 0. The van der Waals surface area contributed by atoms with Crippen LogP contribution >= 0.6 is 0 Å². The Morgan fingerprint density at radius 3 is 2.39 bits per heavy atom. The molecule has 1 rings (SSSR count). The number of nitrogens with one attached hydrogen (secondary N) is 1. The molecule has 0 aromatic rings. The molecular formula is C10H16N4O4. The Labute approximate surface area is 104 Å². The highest BCUT2D eigenvalue weighted by atomic mass is 16.4. The zero-order chi connectivity index (χ0) is 13.9. The van der Waals surface area contributed by atoms with E-state index in [1.165, 1.54) is 6.92 Å². The number of hydrogen-bond acceptors (Lipinski definition) is 5. The lowest BCUT2D eigenvalue weighted by Crippen LogP contribution is -2.58. The molecule has 0 saturated carbocycles. The van der Waals surface area contributed by atoms with Crippen LogP contribution in [0.5, 0.6) is 0 Å². The van der Waals surface area contributed by atoms with E-state index in [-0.39, 0.29) is 25.3 Å². The third-order valence-electron chi connectivity index (χ3n) is 3.09. The van der Waals surface area contributed by atoms with Gasteiger partial charge in [0.05, 0.1) is 0 Å². The molecule has 100 valence electrons. The molecule has 0 aromatic heterocycles. The minimum Gasteiger partial charge on any atom is -0.409 e. The van der Waals surface area contributed by atoms with Crippen molar-refractivity contribution in [2.24, 2.45) is 16.3 Å². The molecule has 1 aliphatic rings. The van der Waals surface area contributed by atoms with Crippen LogP contribution in [0, 0.1) is 5.41 Å². The summed E-state index contributed by atoms with van der Waals surface area (Å²) in [6.07, 6.45) is 0.286. The van der Waals surface area contributed by atoms with E-state index in [2.05, 4.69) is 10.5 Å². The number of carbonyl (C=O) groups excluding carboxylic acids is 3. The predicted molar refractivity (Wildman–Crippen MR) is 61.5 cm³/mol. The number of carbonyl (C=O) groups is 3. The average Bonchev–Trinajstić information content (AvgIpc) is 2.34. The van der Waals surface area contributed by atoms with E-state index in [1.54, 1.807) is 6.92 Å². The number of hydrogen-bond donors (Lipinski definition) is 3. The molecule has 8 nitrogen and oxygen atoms in total. The quantitative estimate of drug-likeness (QED) is 0.189. The summed E-state index contributed by atoms with van der Waals surface area (Å²) in [6.45, 7) is 2.78. The summed E-state index contributed by atoms with van der Waals surface area (Å²) < 4.78 is 0. The number of amides is 3. The zero-order valence-electron chi connectivity index (χ0n) is 10.3. The molecule has 0 aromatic carbocycles. The van der Waals surface area contributed by atoms with E-state index < -0.39 is 23.1 Å². The highest BCUT2D eigenvalue weighted by Crippen LogP contribution is 2.25. The van der Waals surface area contributed by atoms with Crippen LogP contribution < -0.4 is 11.1 Å². The number of nitrogens with two attached hydrogens (primary N) is 1. The molecule has 1 atom stereocenters. The van der Waals surface area contributed by atoms with Gasteiger partial charge in [0.25, 0.3) is 0 Å². The van der Waals surface area contributed by atoms with Crippen molar-refractivity contribution in [3.63, 3.8) is 0 Å². The number of amidine groups is 1. The first kappa shape index (κ1) is 13.9. The van der Waals surface area contributed by atoms with E-state index in [0.29, 0.717) is 0 Å². The number of rotatable bonds is 3. The normalized spacial score (nSPS) is 20.3. The largest absolute Gasteiger partial charge is 0.409 e. The van der Waals surface area contributed by atoms with Gasteiger partial charge in [0.2, 0.25) is 17.7 Å². The SMILES string of the molecule is CCC(C)(C(=O)N1CC(=O)NC(=O)C1)C(N)=NO. The summed E-state index contributed by atoms with van der Waals surface area (Å²) >= 11 is 0. The number of piperazine rings is 1. The van der Waals surface area contributed by atoms with E-state index >= 15 is 0 Å². The highest BCUT2D eigenvalue weighted by Gasteiger charge is 2.41. The first-order valence-electron chi connectivity index (χ1n) is 5.45. The molecule has 1 unspecified atom stereocenters. The van der Waals surface area contributed by atoms with Gasteiger partial charge in [0.1, 0.15) is 18.5 Å². The Morgan fingerprint density at radius 1 is 1.50 bits per heavy atom. The molecule has 1 heterocycles. The molecule has 3 amide bonds. The molecule has 0 spiro atoms. The average molecular weight is 256 g/mol. The second kappa shape index (κ2) is 5.03. The van der Waals surface area contributed by atoms with Crippen molar-refractivity contribution in [2.45, 2.75) is 20.3 Å². The summed E-state index contributed by atoms with van der Waals surface area (Å²) in [5, 5.41) is 13.6. The third kappa shape index (κ3) is 2.41. The fourth-order valence-electron chi connectivity index (χ4n) is 1.68. The van der Waals surface area contributed by atoms with Gasteiger partial charge < -0.3 is 15.8 Å². The summed E-state index contributed by atoms with van der Waals surface area (Å²) in [5.74, 6) is -1.84. The Balaban J connectivity index is 2.98. The van der Waals surface area contributed by atoms with Crippen molar-refractivity contribution < 1.29 is 19.6 Å². The van der Waals surface area contributed by atoms with Crippen LogP contribution in [0.25, 0.3) is 0 Å². The molecule has 0 aliphatic carbocycles. The number of oxime groups is 1. The van der Waals surface area contributed by atoms with Gasteiger partial charge in [0.15, 0.2) is 5.84 Å². The van der Waals surface area contributed by atoms with Crippen LogP contribution in [0.1, 0.15) is 20.3 Å². The van der Waals surface area contributed by atoms with Crippen molar-refractivity contribution >= 4 is 23.6 Å². The summed E-state index contributed by atoms with van der Waals surface area (Å²) in [7, 11) is 0. The Kier molecular flexibility index (Phi) is 3.89. The van der Waals surface area contributed by atoms with Gasteiger partial charge in [-0.05, 0) is 13.3 Å².